The van der Waals surface area contributed by atoms with Crippen LogP contribution in [0.4, 0.5) is 0 Å². The number of aliphatic carboxylic acids is 1. The van der Waals surface area contributed by atoms with Crippen LogP contribution in [0.1, 0.15) is 31.2 Å². The first-order valence-corrected chi connectivity index (χ1v) is 6.30. The minimum absolute atomic E-state index is 0.00692. The van der Waals surface area contributed by atoms with Crippen molar-refractivity contribution in [1.82, 2.24) is 5.43 Å². The highest BCUT2D eigenvalue weighted by molar-refractivity contribution is 6.02. The molecule has 1 aromatic carbocycles. The Morgan fingerprint density at radius 2 is 1.89 bits per heavy atom. The lowest BCUT2D eigenvalue weighted by molar-refractivity contribution is -0.136. The summed E-state index contributed by atoms with van der Waals surface area (Å²) in [5, 5.41) is 12.8. The number of carboxylic acid groups (broad SMARTS) is 1. The number of carbonyl (C=O) groups excluding carboxylic acids is 1. The van der Waals surface area contributed by atoms with Gasteiger partial charge in [-0.2, -0.15) is 5.10 Å². The third-order valence-corrected chi connectivity index (χ3v) is 2.93. The second kappa shape index (κ2) is 6.13. The average molecular weight is 260 g/mol. The summed E-state index contributed by atoms with van der Waals surface area (Å²) in [4.78, 5) is 22.2. The van der Waals surface area contributed by atoms with Gasteiger partial charge in [0.25, 0.3) is 0 Å². The van der Waals surface area contributed by atoms with E-state index in [-0.39, 0.29) is 18.2 Å². The highest BCUT2D eigenvalue weighted by atomic mass is 16.4. The predicted molar refractivity (Wildman–Crippen MR) is 70.7 cm³/mol. The van der Waals surface area contributed by atoms with Crippen molar-refractivity contribution in [3.63, 3.8) is 0 Å². The Morgan fingerprint density at radius 1 is 1.21 bits per heavy atom. The van der Waals surface area contributed by atoms with Gasteiger partial charge in [-0.1, -0.05) is 30.3 Å². The summed E-state index contributed by atoms with van der Waals surface area (Å²) in [5.74, 6) is -0.874. The number of carboxylic acids is 1. The molecular formula is C14H16N2O3. The molecule has 2 N–H and O–H groups in total. The molecule has 1 aliphatic rings. The van der Waals surface area contributed by atoms with Crippen LogP contribution < -0.4 is 5.43 Å². The van der Waals surface area contributed by atoms with Gasteiger partial charge < -0.3 is 5.11 Å². The maximum absolute atomic E-state index is 11.5. The number of hydrazone groups is 1. The van der Waals surface area contributed by atoms with E-state index in [4.69, 9.17) is 5.11 Å². The molecule has 0 atom stereocenters. The molecule has 1 fully saturated rings. The standard InChI is InChI=1S/C14H16N2O3/c17-13(18)9-8-12(10-4-2-1-3-5-10)15-16-14(19)11-6-7-11/h1-5,11H,6-9H2,(H,16,19)(H,17,18). The van der Waals surface area contributed by atoms with Crippen molar-refractivity contribution in [3.8, 4) is 0 Å². The van der Waals surface area contributed by atoms with E-state index in [0.717, 1.165) is 18.4 Å². The molecule has 0 heterocycles. The molecule has 100 valence electrons. The fraction of sp³-hybridized carbons (Fsp3) is 0.357. The average Bonchev–Trinajstić information content (AvgIpc) is 3.23. The Kier molecular flexibility index (Phi) is 4.28. The zero-order chi connectivity index (χ0) is 13.7. The number of benzene rings is 1. The second-order valence-electron chi connectivity index (χ2n) is 4.57. The van der Waals surface area contributed by atoms with Gasteiger partial charge in [-0.25, -0.2) is 5.43 Å². The number of carbonyl (C=O) groups is 2. The largest absolute Gasteiger partial charge is 0.481 e. The van der Waals surface area contributed by atoms with E-state index in [9.17, 15) is 9.59 Å². The molecule has 0 saturated heterocycles. The first kappa shape index (κ1) is 13.3. The Bertz CT molecular complexity index is 493. The van der Waals surface area contributed by atoms with E-state index in [1.54, 1.807) is 0 Å². The molecule has 19 heavy (non-hydrogen) atoms. The minimum atomic E-state index is -0.878. The monoisotopic (exact) mass is 260 g/mol. The highest BCUT2D eigenvalue weighted by Crippen LogP contribution is 2.28. The van der Waals surface area contributed by atoms with Gasteiger partial charge in [-0.15, -0.1) is 0 Å². The van der Waals surface area contributed by atoms with Crippen LogP contribution in [0.5, 0.6) is 0 Å². The molecule has 5 heteroatoms. The topological polar surface area (TPSA) is 78.8 Å². The summed E-state index contributed by atoms with van der Waals surface area (Å²) in [7, 11) is 0. The van der Waals surface area contributed by atoms with Gasteiger partial charge in [0.2, 0.25) is 5.91 Å². The summed E-state index contributed by atoms with van der Waals surface area (Å²) in [6.07, 6.45) is 2.12. The Morgan fingerprint density at radius 3 is 2.47 bits per heavy atom. The van der Waals surface area contributed by atoms with Gasteiger partial charge in [0.15, 0.2) is 0 Å². The fourth-order valence-corrected chi connectivity index (χ4v) is 1.68. The molecule has 1 aromatic rings. The molecule has 1 saturated carbocycles. The summed E-state index contributed by atoms with van der Waals surface area (Å²) in [6, 6.07) is 9.29. The lowest BCUT2D eigenvalue weighted by Crippen LogP contribution is -2.21. The number of amides is 1. The molecule has 0 aliphatic heterocycles. The van der Waals surface area contributed by atoms with Crippen LogP contribution in [0.3, 0.4) is 0 Å². The van der Waals surface area contributed by atoms with Crippen LogP contribution in [0, 0.1) is 5.92 Å². The fourth-order valence-electron chi connectivity index (χ4n) is 1.68. The number of nitrogens with one attached hydrogen (secondary N) is 1. The predicted octanol–water partition coefficient (Wildman–Crippen LogP) is 1.78. The number of hydrogen-bond donors (Lipinski definition) is 2. The van der Waals surface area contributed by atoms with Gasteiger partial charge in [-0.3, -0.25) is 9.59 Å². The van der Waals surface area contributed by atoms with Gasteiger partial charge in [0.1, 0.15) is 0 Å². The van der Waals surface area contributed by atoms with Crippen LogP contribution in [0.25, 0.3) is 0 Å². The van der Waals surface area contributed by atoms with Crippen molar-refractivity contribution in [2.75, 3.05) is 0 Å². The summed E-state index contributed by atoms with van der Waals surface area (Å²) < 4.78 is 0. The summed E-state index contributed by atoms with van der Waals surface area (Å²) in [6.45, 7) is 0. The molecule has 0 unspecified atom stereocenters. The zero-order valence-electron chi connectivity index (χ0n) is 10.5. The summed E-state index contributed by atoms with van der Waals surface area (Å²) >= 11 is 0. The quantitative estimate of drug-likeness (QED) is 0.604. The maximum atomic E-state index is 11.5. The molecule has 0 bridgehead atoms. The van der Waals surface area contributed by atoms with E-state index < -0.39 is 5.97 Å². The smallest absolute Gasteiger partial charge is 0.303 e. The van der Waals surface area contributed by atoms with Crippen molar-refractivity contribution in [1.29, 1.82) is 0 Å². The third kappa shape index (κ3) is 4.21. The number of rotatable bonds is 6. The number of hydrogen-bond acceptors (Lipinski definition) is 3. The number of nitrogens with zero attached hydrogens (tertiary/aromatic N) is 1. The SMILES string of the molecule is O=C(O)CCC(=NNC(=O)C1CC1)c1ccccc1. The van der Waals surface area contributed by atoms with Crippen LogP contribution in [-0.2, 0) is 9.59 Å². The van der Waals surface area contributed by atoms with Crippen molar-refractivity contribution >= 4 is 17.6 Å². The van der Waals surface area contributed by atoms with Crippen molar-refractivity contribution in [2.45, 2.75) is 25.7 Å². The van der Waals surface area contributed by atoms with Crippen molar-refractivity contribution in [3.05, 3.63) is 35.9 Å². The molecule has 0 spiro atoms. The summed E-state index contributed by atoms with van der Waals surface area (Å²) in [5.41, 5.74) is 3.95. The second-order valence-corrected chi connectivity index (χ2v) is 4.57. The molecule has 5 nitrogen and oxygen atoms in total. The van der Waals surface area contributed by atoms with E-state index in [1.807, 2.05) is 30.3 Å². The van der Waals surface area contributed by atoms with Crippen LogP contribution in [-0.4, -0.2) is 22.7 Å². The van der Waals surface area contributed by atoms with Gasteiger partial charge in [-0.05, 0) is 18.4 Å². The van der Waals surface area contributed by atoms with Gasteiger partial charge >= 0.3 is 5.97 Å². The molecular weight excluding hydrogens is 244 g/mol. The van der Waals surface area contributed by atoms with E-state index in [1.165, 1.54) is 0 Å². The normalized spacial score (nSPS) is 15.1. The highest BCUT2D eigenvalue weighted by Gasteiger charge is 2.29. The van der Waals surface area contributed by atoms with E-state index in [2.05, 4.69) is 10.5 Å². The van der Waals surface area contributed by atoms with Crippen molar-refractivity contribution < 1.29 is 14.7 Å². The Balaban J connectivity index is 2.06. The Labute approximate surface area is 111 Å². The molecule has 1 aliphatic carbocycles. The van der Waals surface area contributed by atoms with Crippen LogP contribution >= 0.6 is 0 Å². The lowest BCUT2D eigenvalue weighted by atomic mass is 10.1. The molecule has 2 rings (SSSR count). The molecule has 0 radical (unpaired) electrons. The van der Waals surface area contributed by atoms with Gasteiger partial charge in [0.05, 0.1) is 12.1 Å². The van der Waals surface area contributed by atoms with Crippen LogP contribution in [0.15, 0.2) is 35.4 Å². The molecule has 0 aromatic heterocycles. The maximum Gasteiger partial charge on any atom is 0.303 e. The van der Waals surface area contributed by atoms with Gasteiger partial charge in [0, 0.05) is 12.3 Å². The first-order chi connectivity index (χ1) is 9.16. The van der Waals surface area contributed by atoms with Crippen LogP contribution in [0.2, 0.25) is 0 Å². The first-order valence-electron chi connectivity index (χ1n) is 6.30. The van der Waals surface area contributed by atoms with E-state index >= 15 is 0 Å². The zero-order valence-corrected chi connectivity index (χ0v) is 10.5. The Hall–Kier alpha value is -2.17. The lowest BCUT2D eigenvalue weighted by Gasteiger charge is -2.06. The third-order valence-electron chi connectivity index (χ3n) is 2.93. The van der Waals surface area contributed by atoms with Crippen molar-refractivity contribution in [2.24, 2.45) is 11.0 Å². The van der Waals surface area contributed by atoms with E-state index in [0.29, 0.717) is 12.1 Å². The molecule has 1 amide bonds. The minimum Gasteiger partial charge on any atom is -0.481 e.